The highest BCUT2D eigenvalue weighted by molar-refractivity contribution is 8.00. The maximum Gasteiger partial charge on any atom is 0.235 e. The van der Waals surface area contributed by atoms with E-state index in [1.807, 2.05) is 37.3 Å². The summed E-state index contributed by atoms with van der Waals surface area (Å²) < 4.78 is 1.67. The Balaban J connectivity index is 1.90. The fraction of sp³-hybridized carbons (Fsp3) is 0.167. The molecule has 0 radical (unpaired) electrons. The highest BCUT2D eigenvalue weighted by Crippen LogP contribution is 2.44. The third kappa shape index (κ3) is 2.87. The Morgan fingerprint density at radius 1 is 1.28 bits per heavy atom. The monoisotopic (exact) mass is 352 g/mol. The van der Waals surface area contributed by atoms with Gasteiger partial charge in [0.25, 0.3) is 0 Å². The van der Waals surface area contributed by atoms with Gasteiger partial charge in [0.15, 0.2) is 5.82 Å². The number of carbonyl (C=O) groups is 1. The number of aromatic hydroxyl groups is 1. The number of hydrogen-bond acceptors (Lipinski definition) is 5. The molecule has 3 heterocycles. The molecule has 1 unspecified atom stereocenters. The molecule has 0 saturated heterocycles. The van der Waals surface area contributed by atoms with Crippen molar-refractivity contribution in [3.8, 4) is 11.6 Å². The minimum atomic E-state index is -0.0986. The number of phenols is 1. The number of anilines is 1. The van der Waals surface area contributed by atoms with Gasteiger partial charge < -0.3 is 10.4 Å². The van der Waals surface area contributed by atoms with E-state index in [0.29, 0.717) is 17.4 Å². The predicted octanol–water partition coefficient (Wildman–Crippen LogP) is 3.06. The van der Waals surface area contributed by atoms with Gasteiger partial charge in [0.1, 0.15) is 11.6 Å². The molecule has 7 heteroatoms. The molecule has 1 atom stereocenters. The van der Waals surface area contributed by atoms with E-state index >= 15 is 0 Å². The molecule has 1 aliphatic heterocycles. The normalized spacial score (nSPS) is 16.8. The molecule has 1 aromatic carbocycles. The Bertz CT molecular complexity index is 940. The van der Waals surface area contributed by atoms with Crippen LogP contribution >= 0.6 is 11.8 Å². The molecule has 25 heavy (non-hydrogen) atoms. The molecule has 2 aromatic heterocycles. The number of pyridine rings is 1. The number of carbonyl (C=O) groups excluding carboxylic acids is 1. The Hall–Kier alpha value is -2.80. The number of phenolic OH excluding ortho intramolecular Hbond substituents is 1. The highest BCUT2D eigenvalue weighted by Gasteiger charge is 2.30. The van der Waals surface area contributed by atoms with Crippen molar-refractivity contribution in [2.75, 3.05) is 11.1 Å². The molecule has 2 N–H and O–H groups in total. The molecular formula is C18H16N4O2S. The van der Waals surface area contributed by atoms with Crippen molar-refractivity contribution >= 4 is 23.5 Å². The molecule has 6 nitrogen and oxygen atoms in total. The molecule has 4 rings (SSSR count). The van der Waals surface area contributed by atoms with Gasteiger partial charge in [0, 0.05) is 11.8 Å². The summed E-state index contributed by atoms with van der Waals surface area (Å²) in [5.41, 5.74) is 2.70. The van der Waals surface area contributed by atoms with Gasteiger partial charge in [-0.3, -0.25) is 4.79 Å². The van der Waals surface area contributed by atoms with Crippen molar-refractivity contribution in [3.05, 3.63) is 65.5 Å². The van der Waals surface area contributed by atoms with Gasteiger partial charge in [0.2, 0.25) is 5.91 Å². The number of benzene rings is 1. The first-order valence-electron chi connectivity index (χ1n) is 7.85. The molecular weight excluding hydrogens is 336 g/mol. The number of aryl methyl sites for hydroxylation is 1. The van der Waals surface area contributed by atoms with Crippen LogP contribution in [-0.2, 0) is 4.79 Å². The molecule has 3 aromatic rings. The van der Waals surface area contributed by atoms with Crippen molar-refractivity contribution in [3.63, 3.8) is 0 Å². The summed E-state index contributed by atoms with van der Waals surface area (Å²) in [6.45, 7) is 1.92. The number of nitrogens with one attached hydrogen (secondary N) is 1. The minimum Gasteiger partial charge on any atom is -0.508 e. The number of hydrogen-bond donors (Lipinski definition) is 2. The molecule has 0 bridgehead atoms. The second kappa shape index (κ2) is 6.25. The number of nitrogens with zero attached hydrogens (tertiary/aromatic N) is 3. The molecule has 126 valence electrons. The summed E-state index contributed by atoms with van der Waals surface area (Å²) in [4.78, 5) is 16.6. The van der Waals surface area contributed by atoms with E-state index in [4.69, 9.17) is 0 Å². The van der Waals surface area contributed by atoms with E-state index in [-0.39, 0.29) is 16.9 Å². The van der Waals surface area contributed by atoms with Crippen LogP contribution in [0.5, 0.6) is 5.75 Å². The quantitative estimate of drug-likeness (QED) is 0.741. The minimum absolute atomic E-state index is 0.0778. The smallest absolute Gasteiger partial charge is 0.235 e. The number of rotatable bonds is 2. The van der Waals surface area contributed by atoms with E-state index in [9.17, 15) is 9.90 Å². The summed E-state index contributed by atoms with van der Waals surface area (Å²) in [5.74, 6) is 1.74. The predicted molar refractivity (Wildman–Crippen MR) is 97.1 cm³/mol. The van der Waals surface area contributed by atoms with Gasteiger partial charge in [-0.1, -0.05) is 18.2 Å². The van der Waals surface area contributed by atoms with E-state index in [1.165, 1.54) is 11.8 Å². The molecule has 0 aliphatic carbocycles. The standard InChI is InChI=1S/C18H16N4O2S/c1-11-16-17(12-5-4-6-13(23)9-12)25-10-15(24)20-18(16)22(21-11)14-7-2-3-8-19-14/h2-9,17,23H,10H2,1H3,(H,20,24). The number of fused-ring (bicyclic) bond motifs is 1. The Kier molecular flexibility index (Phi) is 3.93. The summed E-state index contributed by atoms with van der Waals surface area (Å²) in [7, 11) is 0. The summed E-state index contributed by atoms with van der Waals surface area (Å²) >= 11 is 1.52. The lowest BCUT2D eigenvalue weighted by molar-refractivity contribution is -0.113. The van der Waals surface area contributed by atoms with Crippen molar-refractivity contribution in [1.29, 1.82) is 0 Å². The maximum absolute atomic E-state index is 12.2. The number of amides is 1. The van der Waals surface area contributed by atoms with Crippen LogP contribution in [0.2, 0.25) is 0 Å². The number of thioether (sulfide) groups is 1. The van der Waals surface area contributed by atoms with E-state index < -0.39 is 0 Å². The Labute approximate surface area is 148 Å². The van der Waals surface area contributed by atoms with Gasteiger partial charge in [-0.25, -0.2) is 4.98 Å². The molecule has 0 spiro atoms. The van der Waals surface area contributed by atoms with Crippen LogP contribution in [0.15, 0.2) is 48.7 Å². The summed E-state index contributed by atoms with van der Waals surface area (Å²) in [5, 5.41) is 17.3. The van der Waals surface area contributed by atoms with Gasteiger partial charge in [-0.05, 0) is 36.8 Å². The van der Waals surface area contributed by atoms with Gasteiger partial charge in [-0.15, -0.1) is 11.8 Å². The average molecular weight is 352 g/mol. The van der Waals surface area contributed by atoms with E-state index in [1.54, 1.807) is 23.0 Å². The topological polar surface area (TPSA) is 80.0 Å². The second-order valence-corrected chi connectivity index (χ2v) is 6.88. The van der Waals surface area contributed by atoms with Crippen molar-refractivity contribution in [2.45, 2.75) is 12.2 Å². The third-order valence-electron chi connectivity index (χ3n) is 4.05. The Morgan fingerprint density at radius 3 is 2.92 bits per heavy atom. The SMILES string of the molecule is Cc1nn(-c2ccccn2)c2c1C(c1cccc(O)c1)SCC(=O)N2. The molecule has 1 amide bonds. The molecule has 1 aliphatic rings. The lowest BCUT2D eigenvalue weighted by Gasteiger charge is -2.15. The first-order valence-corrected chi connectivity index (χ1v) is 8.89. The van der Waals surface area contributed by atoms with Crippen molar-refractivity contribution in [2.24, 2.45) is 0 Å². The van der Waals surface area contributed by atoms with Crippen LogP contribution in [0.25, 0.3) is 5.82 Å². The van der Waals surface area contributed by atoms with E-state index in [2.05, 4.69) is 15.4 Å². The zero-order valence-electron chi connectivity index (χ0n) is 13.5. The van der Waals surface area contributed by atoms with Crippen LogP contribution in [0.4, 0.5) is 5.82 Å². The van der Waals surface area contributed by atoms with Gasteiger partial charge in [-0.2, -0.15) is 9.78 Å². The Morgan fingerprint density at radius 2 is 2.16 bits per heavy atom. The first kappa shape index (κ1) is 15.7. The van der Waals surface area contributed by atoms with E-state index in [0.717, 1.165) is 16.8 Å². The average Bonchev–Trinajstić information content (AvgIpc) is 2.82. The van der Waals surface area contributed by atoms with Crippen LogP contribution in [0.3, 0.4) is 0 Å². The first-order chi connectivity index (χ1) is 12.1. The molecule has 0 saturated carbocycles. The van der Waals surface area contributed by atoms with Crippen LogP contribution in [0.1, 0.15) is 22.1 Å². The summed E-state index contributed by atoms with van der Waals surface area (Å²) in [6.07, 6.45) is 1.69. The number of aromatic nitrogens is 3. The van der Waals surface area contributed by atoms with Crippen molar-refractivity contribution in [1.82, 2.24) is 14.8 Å². The van der Waals surface area contributed by atoms with Crippen LogP contribution < -0.4 is 5.32 Å². The highest BCUT2D eigenvalue weighted by atomic mass is 32.2. The zero-order chi connectivity index (χ0) is 17.4. The van der Waals surface area contributed by atoms with Crippen LogP contribution in [0, 0.1) is 6.92 Å². The second-order valence-electron chi connectivity index (χ2n) is 5.78. The lowest BCUT2D eigenvalue weighted by Crippen LogP contribution is -2.16. The fourth-order valence-electron chi connectivity index (χ4n) is 2.98. The van der Waals surface area contributed by atoms with Crippen LogP contribution in [-0.4, -0.2) is 31.5 Å². The maximum atomic E-state index is 12.2. The lowest BCUT2D eigenvalue weighted by atomic mass is 10.0. The largest absolute Gasteiger partial charge is 0.508 e. The fourth-order valence-corrected chi connectivity index (χ4v) is 4.16. The van der Waals surface area contributed by atoms with Gasteiger partial charge in [0.05, 0.1) is 16.7 Å². The third-order valence-corrected chi connectivity index (χ3v) is 5.32. The van der Waals surface area contributed by atoms with Crippen molar-refractivity contribution < 1.29 is 9.90 Å². The molecule has 0 fully saturated rings. The van der Waals surface area contributed by atoms with Gasteiger partial charge >= 0.3 is 0 Å². The zero-order valence-corrected chi connectivity index (χ0v) is 14.3. The summed E-state index contributed by atoms with van der Waals surface area (Å²) in [6, 6.07) is 12.7.